The zero-order chi connectivity index (χ0) is 14.4. The minimum absolute atomic E-state index is 0. The van der Waals surface area contributed by atoms with E-state index in [4.69, 9.17) is 5.73 Å². The van der Waals surface area contributed by atoms with E-state index in [1.54, 1.807) is 6.92 Å². The van der Waals surface area contributed by atoms with Gasteiger partial charge < -0.3 is 11.1 Å². The second-order valence-electron chi connectivity index (χ2n) is 4.77. The highest BCUT2D eigenvalue weighted by molar-refractivity contribution is 7.98. The van der Waals surface area contributed by atoms with Crippen LogP contribution >= 0.6 is 24.2 Å². The maximum atomic E-state index is 11.3. The molecule has 1 atom stereocenters. The monoisotopic (exact) mass is 324 g/mol. The second kappa shape index (κ2) is 8.93. The maximum Gasteiger partial charge on any atom is 0.236 e. The Kier molecular flexibility index (Phi) is 7.57. The van der Waals surface area contributed by atoms with E-state index in [0.29, 0.717) is 6.54 Å². The molecule has 3 N–H and O–H groups in total. The van der Waals surface area contributed by atoms with Crippen LogP contribution in [-0.2, 0) is 10.5 Å². The molecular weight excluding hydrogens is 304 g/mol. The van der Waals surface area contributed by atoms with Crippen LogP contribution in [0.15, 0.2) is 42.5 Å². The van der Waals surface area contributed by atoms with E-state index >= 15 is 0 Å². The van der Waals surface area contributed by atoms with Crippen LogP contribution in [-0.4, -0.2) is 24.2 Å². The normalized spacial score (nSPS) is 11.7. The van der Waals surface area contributed by atoms with Crippen LogP contribution in [0, 0.1) is 0 Å². The van der Waals surface area contributed by atoms with Gasteiger partial charge in [-0.2, -0.15) is 11.8 Å². The Morgan fingerprint density at radius 3 is 2.71 bits per heavy atom. The molecule has 0 fully saturated rings. The van der Waals surface area contributed by atoms with Gasteiger partial charge in [0.25, 0.3) is 0 Å². The van der Waals surface area contributed by atoms with E-state index in [0.717, 1.165) is 11.5 Å². The molecule has 0 aliphatic carbocycles. The van der Waals surface area contributed by atoms with Crippen molar-refractivity contribution in [2.45, 2.75) is 18.7 Å². The Hall–Kier alpha value is -1.23. The summed E-state index contributed by atoms with van der Waals surface area (Å²) in [7, 11) is 0. The van der Waals surface area contributed by atoms with Crippen LogP contribution in [0.5, 0.6) is 0 Å². The van der Waals surface area contributed by atoms with Gasteiger partial charge in [-0.05, 0) is 23.3 Å². The predicted molar refractivity (Wildman–Crippen MR) is 94.0 cm³/mol. The van der Waals surface area contributed by atoms with Crippen molar-refractivity contribution in [3.63, 3.8) is 0 Å². The lowest BCUT2D eigenvalue weighted by Crippen LogP contribution is -2.39. The summed E-state index contributed by atoms with van der Waals surface area (Å²) in [5.74, 6) is 1.76. The molecule has 0 heterocycles. The van der Waals surface area contributed by atoms with E-state index in [9.17, 15) is 4.79 Å². The fraction of sp³-hybridized carbons (Fsp3) is 0.312. The van der Waals surface area contributed by atoms with Crippen molar-refractivity contribution in [2.24, 2.45) is 5.73 Å². The van der Waals surface area contributed by atoms with Crippen LogP contribution < -0.4 is 11.1 Å². The third kappa shape index (κ3) is 5.23. The van der Waals surface area contributed by atoms with Crippen molar-refractivity contribution in [2.75, 3.05) is 12.3 Å². The standard InChI is InChI=1S/C16H20N2OS.ClH/c1-12(17)16(19)18-9-10-20-11-14-7-4-6-13-5-2-3-8-15(13)14;/h2-8,12H,9-11,17H2,1H3,(H,18,19);1H/t12-;/m1./s1. The first-order valence-corrected chi connectivity index (χ1v) is 7.91. The molecule has 0 aliphatic rings. The molecular formula is C16H21ClN2OS. The lowest BCUT2D eigenvalue weighted by molar-refractivity contribution is -0.121. The van der Waals surface area contributed by atoms with Crippen molar-refractivity contribution < 1.29 is 4.79 Å². The molecule has 2 rings (SSSR count). The molecule has 0 saturated carbocycles. The molecule has 0 aromatic heterocycles. The average Bonchev–Trinajstić information content (AvgIpc) is 2.46. The molecule has 114 valence electrons. The number of hydrogen-bond donors (Lipinski definition) is 2. The first-order chi connectivity index (χ1) is 9.68. The van der Waals surface area contributed by atoms with Crippen LogP contribution in [0.3, 0.4) is 0 Å². The van der Waals surface area contributed by atoms with Gasteiger partial charge in [0.05, 0.1) is 6.04 Å². The summed E-state index contributed by atoms with van der Waals surface area (Å²) >= 11 is 1.82. The summed E-state index contributed by atoms with van der Waals surface area (Å²) in [6.07, 6.45) is 0. The van der Waals surface area contributed by atoms with Crippen molar-refractivity contribution in [1.82, 2.24) is 5.32 Å². The van der Waals surface area contributed by atoms with Crippen LogP contribution in [0.2, 0.25) is 0 Å². The Morgan fingerprint density at radius 1 is 1.24 bits per heavy atom. The van der Waals surface area contributed by atoms with Gasteiger partial charge in [-0.3, -0.25) is 4.79 Å². The zero-order valence-corrected chi connectivity index (χ0v) is 13.7. The summed E-state index contributed by atoms with van der Waals surface area (Å²) in [4.78, 5) is 11.3. The molecule has 1 amide bonds. The van der Waals surface area contributed by atoms with Gasteiger partial charge in [0.2, 0.25) is 5.91 Å². The van der Waals surface area contributed by atoms with Crippen molar-refractivity contribution in [1.29, 1.82) is 0 Å². The number of nitrogens with two attached hydrogens (primary N) is 1. The van der Waals surface area contributed by atoms with Gasteiger partial charge in [-0.25, -0.2) is 0 Å². The molecule has 0 aliphatic heterocycles. The third-order valence-corrected chi connectivity index (χ3v) is 4.10. The highest BCUT2D eigenvalue weighted by atomic mass is 35.5. The average molecular weight is 325 g/mol. The summed E-state index contributed by atoms with van der Waals surface area (Å²) in [5, 5.41) is 5.40. The number of thioether (sulfide) groups is 1. The van der Waals surface area contributed by atoms with Crippen LogP contribution in [0.25, 0.3) is 10.8 Å². The maximum absolute atomic E-state index is 11.3. The number of benzene rings is 2. The molecule has 2 aromatic carbocycles. The van der Waals surface area contributed by atoms with Gasteiger partial charge in [0.1, 0.15) is 0 Å². The quantitative estimate of drug-likeness (QED) is 0.803. The molecule has 0 unspecified atom stereocenters. The fourth-order valence-corrected chi connectivity index (χ4v) is 2.87. The number of hydrogen-bond acceptors (Lipinski definition) is 3. The summed E-state index contributed by atoms with van der Waals surface area (Å²) in [6.45, 7) is 2.36. The largest absolute Gasteiger partial charge is 0.354 e. The van der Waals surface area contributed by atoms with E-state index < -0.39 is 6.04 Å². The number of amides is 1. The van der Waals surface area contributed by atoms with Gasteiger partial charge >= 0.3 is 0 Å². The predicted octanol–water partition coefficient (Wildman–Crippen LogP) is 2.96. The van der Waals surface area contributed by atoms with E-state index in [-0.39, 0.29) is 18.3 Å². The topological polar surface area (TPSA) is 55.1 Å². The lowest BCUT2D eigenvalue weighted by atomic mass is 10.1. The Morgan fingerprint density at radius 2 is 1.95 bits per heavy atom. The Bertz CT molecular complexity index is 584. The van der Waals surface area contributed by atoms with Crippen molar-refractivity contribution in [3.05, 3.63) is 48.0 Å². The minimum Gasteiger partial charge on any atom is -0.354 e. The van der Waals surface area contributed by atoms with Crippen molar-refractivity contribution >= 4 is 40.8 Å². The SMILES string of the molecule is C[C@@H](N)C(=O)NCCSCc1cccc2ccccc12.Cl. The van der Waals surface area contributed by atoms with Gasteiger partial charge in [-0.1, -0.05) is 42.5 Å². The summed E-state index contributed by atoms with van der Waals surface area (Å²) < 4.78 is 0. The number of rotatable bonds is 6. The first-order valence-electron chi connectivity index (χ1n) is 6.76. The number of fused-ring (bicyclic) bond motifs is 1. The first kappa shape index (κ1) is 17.8. The van der Waals surface area contributed by atoms with Crippen LogP contribution in [0.1, 0.15) is 12.5 Å². The highest BCUT2D eigenvalue weighted by Crippen LogP contribution is 2.22. The zero-order valence-electron chi connectivity index (χ0n) is 12.0. The number of carbonyl (C=O) groups is 1. The number of nitrogens with one attached hydrogen (secondary N) is 1. The summed E-state index contributed by atoms with van der Waals surface area (Å²) in [6, 6.07) is 14.4. The number of halogens is 1. The molecule has 21 heavy (non-hydrogen) atoms. The van der Waals surface area contributed by atoms with Crippen LogP contribution in [0.4, 0.5) is 0 Å². The van der Waals surface area contributed by atoms with E-state index in [1.807, 2.05) is 11.8 Å². The molecule has 3 nitrogen and oxygen atoms in total. The minimum atomic E-state index is -0.432. The lowest BCUT2D eigenvalue weighted by Gasteiger charge is -2.08. The van der Waals surface area contributed by atoms with Gasteiger partial charge in [-0.15, -0.1) is 12.4 Å². The molecule has 0 bridgehead atoms. The van der Waals surface area contributed by atoms with Crippen molar-refractivity contribution in [3.8, 4) is 0 Å². The molecule has 0 saturated heterocycles. The van der Waals surface area contributed by atoms with E-state index in [1.165, 1.54) is 16.3 Å². The highest BCUT2D eigenvalue weighted by Gasteiger charge is 2.05. The molecule has 0 spiro atoms. The second-order valence-corrected chi connectivity index (χ2v) is 5.88. The third-order valence-electron chi connectivity index (χ3n) is 3.10. The van der Waals surface area contributed by atoms with Gasteiger partial charge in [0.15, 0.2) is 0 Å². The fourth-order valence-electron chi connectivity index (χ4n) is 2.01. The Labute approximate surface area is 136 Å². The Balaban J connectivity index is 0.00000220. The van der Waals surface area contributed by atoms with E-state index in [2.05, 4.69) is 47.8 Å². The summed E-state index contributed by atoms with van der Waals surface area (Å²) in [5.41, 5.74) is 6.82. The molecule has 0 radical (unpaired) electrons. The molecule has 2 aromatic rings. The molecule has 5 heteroatoms. The van der Waals surface area contributed by atoms with Gasteiger partial charge in [0, 0.05) is 18.1 Å². The smallest absolute Gasteiger partial charge is 0.236 e. The number of carbonyl (C=O) groups excluding carboxylic acids is 1.